The van der Waals surface area contributed by atoms with Gasteiger partial charge < -0.3 is 14.8 Å². The van der Waals surface area contributed by atoms with Crippen LogP contribution < -0.4 is 5.56 Å². The first kappa shape index (κ1) is 16.9. The summed E-state index contributed by atoms with van der Waals surface area (Å²) in [6.45, 7) is 5.38. The fourth-order valence-electron chi connectivity index (χ4n) is 3.10. The Balaban J connectivity index is 1.68. The number of hydrogen-bond acceptors (Lipinski definition) is 4. The topological polar surface area (TPSA) is 86.4 Å². The fraction of sp³-hybridized carbons (Fsp3) is 0.333. The van der Waals surface area contributed by atoms with Crippen molar-refractivity contribution in [2.24, 2.45) is 0 Å². The number of carbonyl (C=O) groups is 2. The number of aromatic amines is 1. The first-order valence-electron chi connectivity index (χ1n) is 8.11. The van der Waals surface area contributed by atoms with Crippen LogP contribution in [0.3, 0.4) is 0 Å². The standard InChI is InChI=1S/C18H20N4O3/c1-12-5-13(2)7-14(6-12)9-21-3-4-22(10-16(21)23)18(25)15-8-19-11-20-17(15)24/h5-8,11H,3-4,9-10H2,1-2H3,(H,19,20,24). The molecule has 0 unspecified atom stereocenters. The summed E-state index contributed by atoms with van der Waals surface area (Å²) in [5.74, 6) is -0.590. The summed E-state index contributed by atoms with van der Waals surface area (Å²) in [4.78, 5) is 45.8. The number of benzene rings is 1. The third-order valence-corrected chi connectivity index (χ3v) is 4.21. The molecule has 0 spiro atoms. The lowest BCUT2D eigenvalue weighted by atomic mass is 10.1. The molecule has 0 saturated carbocycles. The maximum absolute atomic E-state index is 12.4. The zero-order chi connectivity index (χ0) is 18.0. The second-order valence-corrected chi connectivity index (χ2v) is 6.33. The van der Waals surface area contributed by atoms with Crippen molar-refractivity contribution < 1.29 is 9.59 Å². The summed E-state index contributed by atoms with van der Waals surface area (Å²) in [7, 11) is 0. The Morgan fingerprint density at radius 2 is 1.88 bits per heavy atom. The van der Waals surface area contributed by atoms with Crippen molar-refractivity contribution in [3.05, 3.63) is 63.3 Å². The number of amides is 2. The van der Waals surface area contributed by atoms with E-state index in [1.807, 2.05) is 13.8 Å². The predicted octanol–water partition coefficient (Wildman–Crippen LogP) is 0.871. The zero-order valence-electron chi connectivity index (χ0n) is 14.3. The first-order valence-corrected chi connectivity index (χ1v) is 8.11. The summed E-state index contributed by atoms with van der Waals surface area (Å²) in [6.07, 6.45) is 2.46. The van der Waals surface area contributed by atoms with Gasteiger partial charge in [0.05, 0.1) is 6.33 Å². The van der Waals surface area contributed by atoms with Crippen molar-refractivity contribution >= 4 is 11.8 Å². The maximum atomic E-state index is 12.4. The van der Waals surface area contributed by atoms with Crippen LogP contribution in [0.5, 0.6) is 0 Å². The Kier molecular flexibility index (Phi) is 4.65. The van der Waals surface area contributed by atoms with Crippen LogP contribution in [-0.2, 0) is 11.3 Å². The Labute approximate surface area is 145 Å². The van der Waals surface area contributed by atoms with Gasteiger partial charge in [-0.2, -0.15) is 0 Å². The number of hydrogen-bond donors (Lipinski definition) is 1. The molecule has 2 aromatic rings. The van der Waals surface area contributed by atoms with Gasteiger partial charge in [0.2, 0.25) is 5.91 Å². The van der Waals surface area contributed by atoms with Crippen LogP contribution in [0.1, 0.15) is 27.0 Å². The number of nitrogens with one attached hydrogen (secondary N) is 1. The molecule has 7 nitrogen and oxygen atoms in total. The monoisotopic (exact) mass is 340 g/mol. The SMILES string of the molecule is Cc1cc(C)cc(CN2CCN(C(=O)c3cnc[nH]c3=O)CC2=O)c1. The van der Waals surface area contributed by atoms with Crippen LogP contribution in [0.25, 0.3) is 0 Å². The van der Waals surface area contributed by atoms with E-state index < -0.39 is 11.5 Å². The minimum Gasteiger partial charge on any atom is -0.335 e. The fourth-order valence-corrected chi connectivity index (χ4v) is 3.10. The van der Waals surface area contributed by atoms with E-state index in [1.54, 1.807) is 4.90 Å². The molecule has 1 N–H and O–H groups in total. The van der Waals surface area contributed by atoms with E-state index in [4.69, 9.17) is 0 Å². The summed E-state index contributed by atoms with van der Waals surface area (Å²) in [5, 5.41) is 0. The Morgan fingerprint density at radius 3 is 2.52 bits per heavy atom. The molecule has 1 aliphatic rings. The van der Waals surface area contributed by atoms with Crippen molar-refractivity contribution in [2.75, 3.05) is 19.6 Å². The Bertz CT molecular complexity index is 854. The smallest absolute Gasteiger partial charge is 0.263 e. The number of H-pyrrole nitrogens is 1. The first-order chi connectivity index (χ1) is 11.9. The molecule has 2 amide bonds. The van der Waals surface area contributed by atoms with Crippen LogP contribution in [0, 0.1) is 13.8 Å². The molecule has 0 aliphatic carbocycles. The van der Waals surface area contributed by atoms with Crippen LogP contribution in [0.15, 0.2) is 35.5 Å². The van der Waals surface area contributed by atoms with Gasteiger partial charge in [-0.05, 0) is 19.4 Å². The third-order valence-electron chi connectivity index (χ3n) is 4.21. The molecule has 7 heteroatoms. The van der Waals surface area contributed by atoms with E-state index >= 15 is 0 Å². The van der Waals surface area contributed by atoms with Gasteiger partial charge in [0.15, 0.2) is 0 Å². The molecular weight excluding hydrogens is 320 g/mol. The van der Waals surface area contributed by atoms with Crippen LogP contribution >= 0.6 is 0 Å². The average Bonchev–Trinajstić information content (AvgIpc) is 2.55. The Morgan fingerprint density at radius 1 is 1.16 bits per heavy atom. The molecule has 1 aromatic heterocycles. The second kappa shape index (κ2) is 6.88. The van der Waals surface area contributed by atoms with E-state index in [0.29, 0.717) is 19.6 Å². The van der Waals surface area contributed by atoms with Crippen molar-refractivity contribution in [2.45, 2.75) is 20.4 Å². The molecule has 25 heavy (non-hydrogen) atoms. The van der Waals surface area contributed by atoms with Gasteiger partial charge in [0.1, 0.15) is 12.1 Å². The highest BCUT2D eigenvalue weighted by atomic mass is 16.2. The normalized spacial score (nSPS) is 14.7. The van der Waals surface area contributed by atoms with Gasteiger partial charge >= 0.3 is 0 Å². The van der Waals surface area contributed by atoms with Crippen molar-refractivity contribution in [3.63, 3.8) is 0 Å². The summed E-state index contributed by atoms with van der Waals surface area (Å²) < 4.78 is 0. The molecule has 2 heterocycles. The van der Waals surface area contributed by atoms with Crippen LogP contribution in [0.2, 0.25) is 0 Å². The maximum Gasteiger partial charge on any atom is 0.263 e. The number of rotatable bonds is 3. The van der Waals surface area contributed by atoms with Gasteiger partial charge in [-0.3, -0.25) is 14.4 Å². The molecule has 1 aromatic carbocycles. The molecule has 1 saturated heterocycles. The zero-order valence-corrected chi connectivity index (χ0v) is 14.3. The van der Waals surface area contributed by atoms with Gasteiger partial charge in [0.25, 0.3) is 11.5 Å². The highest BCUT2D eigenvalue weighted by Gasteiger charge is 2.29. The van der Waals surface area contributed by atoms with Crippen LogP contribution in [0.4, 0.5) is 0 Å². The lowest BCUT2D eigenvalue weighted by molar-refractivity contribution is -0.135. The van der Waals surface area contributed by atoms with Crippen molar-refractivity contribution in [3.8, 4) is 0 Å². The lowest BCUT2D eigenvalue weighted by Crippen LogP contribution is -2.52. The quantitative estimate of drug-likeness (QED) is 0.898. The molecular formula is C18H20N4O3. The number of piperazine rings is 1. The summed E-state index contributed by atoms with van der Waals surface area (Å²) in [5.41, 5.74) is 2.86. The van der Waals surface area contributed by atoms with E-state index in [9.17, 15) is 14.4 Å². The van der Waals surface area contributed by atoms with Crippen molar-refractivity contribution in [1.82, 2.24) is 19.8 Å². The molecule has 1 fully saturated rings. The molecule has 130 valence electrons. The minimum absolute atomic E-state index is 0.0298. The predicted molar refractivity (Wildman–Crippen MR) is 92.1 cm³/mol. The van der Waals surface area contributed by atoms with Crippen LogP contribution in [-0.4, -0.2) is 51.2 Å². The lowest BCUT2D eigenvalue weighted by Gasteiger charge is -2.34. The molecule has 3 rings (SSSR count). The number of aromatic nitrogens is 2. The van der Waals surface area contributed by atoms with E-state index in [2.05, 4.69) is 28.2 Å². The van der Waals surface area contributed by atoms with E-state index in [0.717, 1.165) is 16.7 Å². The van der Waals surface area contributed by atoms with Crippen molar-refractivity contribution in [1.29, 1.82) is 0 Å². The second-order valence-electron chi connectivity index (χ2n) is 6.33. The molecule has 0 atom stereocenters. The van der Waals surface area contributed by atoms with Gasteiger partial charge in [0, 0.05) is 25.8 Å². The summed E-state index contributed by atoms with van der Waals surface area (Å²) >= 11 is 0. The Hall–Kier alpha value is -2.96. The number of nitrogens with zero attached hydrogens (tertiary/aromatic N) is 3. The molecule has 1 aliphatic heterocycles. The third kappa shape index (κ3) is 3.76. The largest absolute Gasteiger partial charge is 0.335 e. The van der Waals surface area contributed by atoms with Gasteiger partial charge in [-0.15, -0.1) is 0 Å². The average molecular weight is 340 g/mol. The molecule has 0 bridgehead atoms. The summed E-state index contributed by atoms with van der Waals surface area (Å²) in [6, 6.07) is 6.22. The molecule has 0 radical (unpaired) electrons. The van der Waals surface area contributed by atoms with Gasteiger partial charge in [-0.25, -0.2) is 4.98 Å². The van der Waals surface area contributed by atoms with Gasteiger partial charge in [-0.1, -0.05) is 29.3 Å². The highest BCUT2D eigenvalue weighted by Crippen LogP contribution is 2.14. The van der Waals surface area contributed by atoms with E-state index in [1.165, 1.54) is 17.4 Å². The van der Waals surface area contributed by atoms with E-state index in [-0.39, 0.29) is 18.0 Å². The minimum atomic E-state index is -0.495. The number of carbonyl (C=O) groups excluding carboxylic acids is 2. The highest BCUT2D eigenvalue weighted by molar-refractivity contribution is 5.96. The number of aryl methyl sites for hydroxylation is 2.